The van der Waals surface area contributed by atoms with Gasteiger partial charge in [-0.25, -0.2) is 0 Å². The summed E-state index contributed by atoms with van der Waals surface area (Å²) in [5.41, 5.74) is 0.574. The molecule has 0 radical (unpaired) electrons. The molecule has 1 N–H and O–H groups in total. The van der Waals surface area contributed by atoms with Gasteiger partial charge in [-0.3, -0.25) is 0 Å². The third kappa shape index (κ3) is 3.73. The molecule has 106 valence electrons. The summed E-state index contributed by atoms with van der Waals surface area (Å²) in [6, 6.07) is 1.57. The molecular weight excluding hydrogens is 218 g/mol. The minimum absolute atomic E-state index is 0.574. The molecule has 0 amide bonds. The fraction of sp³-hybridized carbons (Fsp3) is 1.00. The van der Waals surface area contributed by atoms with E-state index in [0.29, 0.717) is 5.41 Å². The lowest BCUT2D eigenvalue weighted by molar-refractivity contribution is 0.125. The molecule has 0 bridgehead atoms. The van der Waals surface area contributed by atoms with Gasteiger partial charge in [-0.15, -0.1) is 0 Å². The maximum atomic E-state index is 4.01. The van der Waals surface area contributed by atoms with Gasteiger partial charge in [0.25, 0.3) is 0 Å². The van der Waals surface area contributed by atoms with E-state index < -0.39 is 0 Å². The average Bonchev–Trinajstić information content (AvgIpc) is 2.20. The zero-order valence-electron chi connectivity index (χ0n) is 13.1. The Balaban J connectivity index is 1.86. The molecule has 2 saturated carbocycles. The van der Waals surface area contributed by atoms with E-state index in [1.807, 2.05) is 0 Å². The Bertz CT molecular complexity index is 261. The zero-order valence-corrected chi connectivity index (χ0v) is 13.1. The lowest BCUT2D eigenvalue weighted by atomic mass is 9.70. The Morgan fingerprint density at radius 3 is 2.11 bits per heavy atom. The molecule has 4 unspecified atom stereocenters. The lowest BCUT2D eigenvalue weighted by Gasteiger charge is -2.43. The topological polar surface area (TPSA) is 12.0 Å². The smallest absolute Gasteiger partial charge is 0.00956 e. The normalized spacial score (nSPS) is 44.8. The quantitative estimate of drug-likeness (QED) is 0.755. The maximum Gasteiger partial charge on any atom is 0.00956 e. The highest BCUT2D eigenvalue weighted by Crippen LogP contribution is 2.39. The first kappa shape index (κ1) is 14.4. The maximum absolute atomic E-state index is 4.01. The van der Waals surface area contributed by atoms with Gasteiger partial charge in [-0.1, -0.05) is 34.6 Å². The summed E-state index contributed by atoms with van der Waals surface area (Å²) in [6.07, 6.45) is 8.40. The minimum atomic E-state index is 0.574. The van der Waals surface area contributed by atoms with Crippen LogP contribution in [0.4, 0.5) is 0 Å². The highest BCUT2D eigenvalue weighted by atomic mass is 15.0. The van der Waals surface area contributed by atoms with Crippen molar-refractivity contribution in [2.75, 3.05) is 0 Å². The molecule has 2 fully saturated rings. The van der Waals surface area contributed by atoms with E-state index in [9.17, 15) is 0 Å². The molecule has 0 aromatic heterocycles. The largest absolute Gasteiger partial charge is 0.311 e. The predicted octanol–water partition coefficient (Wildman–Crippen LogP) is 4.62. The average molecular weight is 251 g/mol. The van der Waals surface area contributed by atoms with Crippen LogP contribution in [0.2, 0.25) is 0 Å². The van der Waals surface area contributed by atoms with Crippen LogP contribution in [-0.2, 0) is 0 Å². The van der Waals surface area contributed by atoms with Gasteiger partial charge < -0.3 is 5.32 Å². The number of nitrogens with one attached hydrogen (secondary N) is 1. The van der Waals surface area contributed by atoms with Gasteiger partial charge in [0.2, 0.25) is 0 Å². The van der Waals surface area contributed by atoms with Crippen molar-refractivity contribution in [2.24, 2.45) is 23.2 Å². The fourth-order valence-corrected chi connectivity index (χ4v) is 4.58. The van der Waals surface area contributed by atoms with E-state index in [0.717, 1.165) is 29.8 Å². The molecule has 4 atom stereocenters. The number of hydrogen-bond donors (Lipinski definition) is 1. The van der Waals surface area contributed by atoms with Crippen LogP contribution >= 0.6 is 0 Å². The van der Waals surface area contributed by atoms with Crippen molar-refractivity contribution in [2.45, 2.75) is 85.2 Å². The van der Waals surface area contributed by atoms with Gasteiger partial charge in [-0.05, 0) is 61.7 Å². The zero-order chi connectivity index (χ0) is 13.3. The Labute approximate surface area is 114 Å². The fourth-order valence-electron chi connectivity index (χ4n) is 4.58. The second kappa shape index (κ2) is 5.53. The van der Waals surface area contributed by atoms with E-state index in [1.165, 1.54) is 38.5 Å². The SMILES string of the molecule is CC1CC(C)CC(NC2CCC(C)(C)CC2C)C1. The first-order chi connectivity index (χ1) is 8.35. The third-order valence-electron chi connectivity index (χ3n) is 5.32. The Morgan fingerprint density at radius 2 is 1.56 bits per heavy atom. The monoisotopic (exact) mass is 251 g/mol. The minimum Gasteiger partial charge on any atom is -0.311 e. The molecule has 0 heterocycles. The van der Waals surface area contributed by atoms with Crippen molar-refractivity contribution in [3.63, 3.8) is 0 Å². The highest BCUT2D eigenvalue weighted by Gasteiger charge is 2.34. The predicted molar refractivity (Wildman–Crippen MR) is 79.7 cm³/mol. The van der Waals surface area contributed by atoms with Crippen molar-refractivity contribution < 1.29 is 0 Å². The van der Waals surface area contributed by atoms with Crippen LogP contribution in [0.5, 0.6) is 0 Å². The molecule has 1 nitrogen and oxygen atoms in total. The van der Waals surface area contributed by atoms with Crippen molar-refractivity contribution in [1.29, 1.82) is 0 Å². The van der Waals surface area contributed by atoms with Crippen LogP contribution in [-0.4, -0.2) is 12.1 Å². The first-order valence-electron chi connectivity index (χ1n) is 8.12. The van der Waals surface area contributed by atoms with Crippen LogP contribution in [0.15, 0.2) is 0 Å². The first-order valence-corrected chi connectivity index (χ1v) is 8.12. The summed E-state index contributed by atoms with van der Waals surface area (Å²) < 4.78 is 0. The molecule has 2 rings (SSSR count). The number of hydrogen-bond acceptors (Lipinski definition) is 1. The third-order valence-corrected chi connectivity index (χ3v) is 5.32. The molecule has 0 aromatic rings. The summed E-state index contributed by atoms with van der Waals surface area (Å²) in [4.78, 5) is 0. The Kier molecular flexibility index (Phi) is 4.41. The number of rotatable bonds is 2. The van der Waals surface area contributed by atoms with Gasteiger partial charge in [0, 0.05) is 12.1 Å². The highest BCUT2D eigenvalue weighted by molar-refractivity contribution is 4.90. The van der Waals surface area contributed by atoms with Gasteiger partial charge in [-0.2, -0.15) is 0 Å². The molecule has 0 saturated heterocycles. The van der Waals surface area contributed by atoms with E-state index in [2.05, 4.69) is 39.9 Å². The molecule has 0 spiro atoms. The van der Waals surface area contributed by atoms with Crippen LogP contribution < -0.4 is 5.32 Å². The van der Waals surface area contributed by atoms with Crippen molar-refractivity contribution in [1.82, 2.24) is 5.32 Å². The molecule has 1 heteroatoms. The molecular formula is C17H33N. The van der Waals surface area contributed by atoms with Gasteiger partial charge in [0.05, 0.1) is 0 Å². The summed E-state index contributed by atoms with van der Waals surface area (Å²) >= 11 is 0. The van der Waals surface area contributed by atoms with Crippen LogP contribution in [0.3, 0.4) is 0 Å². The second-order valence-corrected chi connectivity index (χ2v) is 8.27. The Morgan fingerprint density at radius 1 is 0.944 bits per heavy atom. The van der Waals surface area contributed by atoms with Crippen molar-refractivity contribution >= 4 is 0 Å². The molecule has 0 aromatic carbocycles. The lowest BCUT2D eigenvalue weighted by Crippen LogP contribution is -2.48. The summed E-state index contributed by atoms with van der Waals surface area (Å²) in [5.74, 6) is 2.68. The molecule has 18 heavy (non-hydrogen) atoms. The van der Waals surface area contributed by atoms with Crippen molar-refractivity contribution in [3.8, 4) is 0 Å². The molecule has 0 aliphatic heterocycles. The summed E-state index contributed by atoms with van der Waals surface area (Å²) in [5, 5.41) is 4.01. The summed E-state index contributed by atoms with van der Waals surface area (Å²) in [7, 11) is 0. The molecule has 2 aliphatic carbocycles. The summed E-state index contributed by atoms with van der Waals surface area (Å²) in [6.45, 7) is 12.2. The van der Waals surface area contributed by atoms with Gasteiger partial charge >= 0.3 is 0 Å². The standard InChI is InChI=1S/C17H33N/c1-12-8-13(2)10-15(9-12)18-16-6-7-17(4,5)11-14(16)3/h12-16,18H,6-11H2,1-5H3. The second-order valence-electron chi connectivity index (χ2n) is 8.27. The van der Waals surface area contributed by atoms with Gasteiger partial charge in [0.15, 0.2) is 0 Å². The van der Waals surface area contributed by atoms with Crippen LogP contribution in [0.1, 0.15) is 73.1 Å². The van der Waals surface area contributed by atoms with E-state index >= 15 is 0 Å². The van der Waals surface area contributed by atoms with Crippen molar-refractivity contribution in [3.05, 3.63) is 0 Å². The van der Waals surface area contributed by atoms with Crippen LogP contribution in [0.25, 0.3) is 0 Å². The Hall–Kier alpha value is -0.0400. The van der Waals surface area contributed by atoms with Gasteiger partial charge in [0.1, 0.15) is 0 Å². The van der Waals surface area contributed by atoms with E-state index in [1.54, 1.807) is 0 Å². The van der Waals surface area contributed by atoms with E-state index in [4.69, 9.17) is 0 Å². The van der Waals surface area contributed by atoms with E-state index in [-0.39, 0.29) is 0 Å². The van der Waals surface area contributed by atoms with Crippen LogP contribution in [0, 0.1) is 23.2 Å². The molecule has 2 aliphatic rings.